The van der Waals surface area contributed by atoms with Gasteiger partial charge in [-0.25, -0.2) is 0 Å². The molecule has 16 heavy (non-hydrogen) atoms. The van der Waals surface area contributed by atoms with E-state index in [0.29, 0.717) is 0 Å². The Kier molecular flexibility index (Phi) is 6.64. The molecule has 0 aromatic rings. The van der Waals surface area contributed by atoms with Gasteiger partial charge in [0.05, 0.1) is 13.2 Å². The van der Waals surface area contributed by atoms with Crippen molar-refractivity contribution in [1.29, 1.82) is 0 Å². The van der Waals surface area contributed by atoms with Gasteiger partial charge in [-0.05, 0) is 13.8 Å². The maximum absolute atomic E-state index is 11.6. The summed E-state index contributed by atoms with van der Waals surface area (Å²) in [6, 6.07) is 0. The molecular formula is C10H17NO4S. The average Bonchev–Trinajstić information content (AvgIpc) is 2.18. The summed E-state index contributed by atoms with van der Waals surface area (Å²) in [6.07, 6.45) is 0. The van der Waals surface area contributed by atoms with Gasteiger partial charge in [0.25, 0.3) is 0 Å². The van der Waals surface area contributed by atoms with E-state index in [9.17, 15) is 9.59 Å². The first-order valence-electron chi connectivity index (χ1n) is 5.00. The number of rotatable bonds is 5. The number of hydrogen-bond acceptors (Lipinski definition) is 5. The molecule has 0 unspecified atom stereocenters. The highest BCUT2D eigenvalue weighted by Crippen LogP contribution is 2.09. The first-order chi connectivity index (χ1) is 7.45. The minimum Gasteiger partial charge on any atom is -0.465 e. The maximum Gasteiger partial charge on any atom is 0.327 e. The highest BCUT2D eigenvalue weighted by molar-refractivity contribution is 7.80. The zero-order valence-electron chi connectivity index (χ0n) is 9.98. The lowest BCUT2D eigenvalue weighted by Gasteiger charge is -2.20. The van der Waals surface area contributed by atoms with E-state index in [1.807, 2.05) is 0 Å². The zero-order chi connectivity index (χ0) is 12.7. The Hall–Kier alpha value is -1.17. The van der Waals surface area contributed by atoms with Crippen LogP contribution in [-0.2, 0) is 19.1 Å². The van der Waals surface area contributed by atoms with Gasteiger partial charge in [0.1, 0.15) is 4.99 Å². The van der Waals surface area contributed by atoms with E-state index in [1.54, 1.807) is 27.9 Å². The van der Waals surface area contributed by atoms with Crippen LogP contribution in [0.5, 0.6) is 0 Å². The summed E-state index contributed by atoms with van der Waals surface area (Å²) in [5.41, 5.74) is 0. The molecule has 6 heteroatoms. The summed E-state index contributed by atoms with van der Waals surface area (Å²) in [5, 5.41) is 0. The molecule has 0 radical (unpaired) electrons. The molecule has 0 N–H and O–H groups in total. The monoisotopic (exact) mass is 247 g/mol. The molecule has 5 nitrogen and oxygen atoms in total. The lowest BCUT2D eigenvalue weighted by atomic mass is 10.1. The fourth-order valence-electron chi connectivity index (χ4n) is 1.01. The average molecular weight is 247 g/mol. The van der Waals surface area contributed by atoms with Gasteiger partial charge in [-0.1, -0.05) is 12.2 Å². The molecule has 0 bridgehead atoms. The second-order valence-corrected chi connectivity index (χ2v) is 3.59. The van der Waals surface area contributed by atoms with E-state index in [-0.39, 0.29) is 18.2 Å². The first-order valence-corrected chi connectivity index (χ1v) is 5.40. The van der Waals surface area contributed by atoms with Crippen LogP contribution < -0.4 is 0 Å². The van der Waals surface area contributed by atoms with Crippen LogP contribution in [0.25, 0.3) is 0 Å². The molecule has 0 aliphatic rings. The number of carbonyl (C=O) groups is 2. The van der Waals surface area contributed by atoms with Crippen LogP contribution in [0, 0.1) is 5.92 Å². The van der Waals surface area contributed by atoms with Crippen LogP contribution in [0.2, 0.25) is 0 Å². The summed E-state index contributed by atoms with van der Waals surface area (Å²) in [7, 11) is 3.32. The smallest absolute Gasteiger partial charge is 0.327 e. The van der Waals surface area contributed by atoms with E-state index in [4.69, 9.17) is 21.7 Å². The quantitative estimate of drug-likeness (QED) is 0.403. The summed E-state index contributed by atoms with van der Waals surface area (Å²) < 4.78 is 9.58. The van der Waals surface area contributed by atoms with Crippen molar-refractivity contribution in [3.05, 3.63) is 0 Å². The number of thiocarbonyl (C=S) groups is 1. The lowest BCUT2D eigenvalue weighted by Crippen LogP contribution is -2.40. The van der Waals surface area contributed by atoms with Crippen LogP contribution in [0.1, 0.15) is 13.8 Å². The Balaban J connectivity index is 4.82. The van der Waals surface area contributed by atoms with Crippen LogP contribution in [0.4, 0.5) is 0 Å². The van der Waals surface area contributed by atoms with Crippen molar-refractivity contribution in [2.24, 2.45) is 5.92 Å². The molecule has 0 saturated carbocycles. The molecule has 0 saturated heterocycles. The number of esters is 2. The molecule has 0 fully saturated rings. The third-order valence-corrected chi connectivity index (χ3v) is 2.33. The third kappa shape index (κ3) is 4.14. The van der Waals surface area contributed by atoms with Gasteiger partial charge in [-0.3, -0.25) is 9.59 Å². The van der Waals surface area contributed by atoms with E-state index in [2.05, 4.69) is 0 Å². The Morgan fingerprint density at radius 3 is 1.75 bits per heavy atom. The minimum absolute atomic E-state index is 0.192. The number of ether oxygens (including phenoxy) is 2. The molecule has 0 heterocycles. The van der Waals surface area contributed by atoms with Gasteiger partial charge in [0.15, 0.2) is 0 Å². The molecule has 0 amide bonds. The second-order valence-electron chi connectivity index (χ2n) is 3.17. The van der Waals surface area contributed by atoms with Gasteiger partial charge in [-0.15, -0.1) is 0 Å². The van der Waals surface area contributed by atoms with Crippen LogP contribution in [-0.4, -0.2) is 49.1 Å². The second kappa shape index (κ2) is 7.16. The number of nitrogens with zero attached hydrogens (tertiary/aromatic N) is 1. The standard InChI is InChI=1S/C10H17NO4S/c1-5-14-9(12)7(8(16)11(3)4)10(13)15-6-2/h7H,5-6H2,1-4H3. The highest BCUT2D eigenvalue weighted by atomic mass is 32.1. The van der Waals surface area contributed by atoms with Gasteiger partial charge in [0, 0.05) is 14.1 Å². The lowest BCUT2D eigenvalue weighted by molar-refractivity contribution is -0.158. The zero-order valence-corrected chi connectivity index (χ0v) is 10.8. The molecule has 0 rings (SSSR count). The highest BCUT2D eigenvalue weighted by Gasteiger charge is 2.34. The van der Waals surface area contributed by atoms with E-state index >= 15 is 0 Å². The van der Waals surface area contributed by atoms with Crippen molar-refractivity contribution < 1.29 is 19.1 Å². The Morgan fingerprint density at radius 2 is 1.50 bits per heavy atom. The molecule has 0 aliphatic heterocycles. The Bertz CT molecular complexity index is 260. The molecule has 0 aromatic heterocycles. The largest absolute Gasteiger partial charge is 0.465 e. The number of carbonyl (C=O) groups excluding carboxylic acids is 2. The van der Waals surface area contributed by atoms with Crippen molar-refractivity contribution >= 4 is 29.1 Å². The van der Waals surface area contributed by atoms with E-state index < -0.39 is 17.9 Å². The molecule has 0 aromatic carbocycles. The van der Waals surface area contributed by atoms with Crippen molar-refractivity contribution in [1.82, 2.24) is 4.90 Å². The normalized spacial score (nSPS) is 9.81. The first kappa shape index (κ1) is 14.8. The molecule has 0 atom stereocenters. The predicted octanol–water partition coefficient (Wildman–Crippen LogP) is 0.618. The van der Waals surface area contributed by atoms with Crippen LogP contribution >= 0.6 is 12.2 Å². The Labute approximate surface area is 101 Å². The summed E-state index contributed by atoms with van der Waals surface area (Å²) >= 11 is 5.00. The minimum atomic E-state index is -1.15. The Morgan fingerprint density at radius 1 is 1.12 bits per heavy atom. The van der Waals surface area contributed by atoms with Crippen LogP contribution in [0.15, 0.2) is 0 Å². The van der Waals surface area contributed by atoms with Crippen molar-refractivity contribution in [3.8, 4) is 0 Å². The molecule has 92 valence electrons. The van der Waals surface area contributed by atoms with E-state index in [1.165, 1.54) is 4.90 Å². The summed E-state index contributed by atoms with van der Waals surface area (Å²) in [5.74, 6) is -2.48. The van der Waals surface area contributed by atoms with Crippen molar-refractivity contribution in [3.63, 3.8) is 0 Å². The molecular weight excluding hydrogens is 230 g/mol. The van der Waals surface area contributed by atoms with E-state index in [0.717, 1.165) is 0 Å². The summed E-state index contributed by atoms with van der Waals surface area (Å²) in [4.78, 5) is 24.8. The fourth-order valence-corrected chi connectivity index (χ4v) is 1.20. The predicted molar refractivity (Wildman–Crippen MR) is 63.0 cm³/mol. The van der Waals surface area contributed by atoms with Gasteiger partial charge in [-0.2, -0.15) is 0 Å². The van der Waals surface area contributed by atoms with Crippen LogP contribution in [0.3, 0.4) is 0 Å². The van der Waals surface area contributed by atoms with Crippen molar-refractivity contribution in [2.75, 3.05) is 27.3 Å². The van der Waals surface area contributed by atoms with Gasteiger partial charge < -0.3 is 14.4 Å². The number of hydrogen-bond donors (Lipinski definition) is 0. The fraction of sp³-hybridized carbons (Fsp3) is 0.700. The van der Waals surface area contributed by atoms with Crippen molar-refractivity contribution in [2.45, 2.75) is 13.8 Å². The molecule has 0 aliphatic carbocycles. The maximum atomic E-state index is 11.6. The third-order valence-electron chi connectivity index (χ3n) is 1.73. The van der Waals surface area contributed by atoms with Gasteiger partial charge >= 0.3 is 11.9 Å². The summed E-state index contributed by atoms with van der Waals surface area (Å²) in [6.45, 7) is 3.73. The topological polar surface area (TPSA) is 55.8 Å². The molecule has 0 spiro atoms. The van der Waals surface area contributed by atoms with Gasteiger partial charge in [0.2, 0.25) is 5.92 Å². The SMILES string of the molecule is CCOC(=O)C(C(=O)OCC)C(=S)N(C)C.